The third-order valence-corrected chi connectivity index (χ3v) is 4.37. The fourth-order valence-electron chi connectivity index (χ4n) is 2.04. The highest BCUT2D eigenvalue weighted by atomic mass is 32.2. The van der Waals surface area contributed by atoms with Crippen LogP contribution in [-0.2, 0) is 13.5 Å². The van der Waals surface area contributed by atoms with Crippen molar-refractivity contribution >= 4 is 22.6 Å². The largest absolute Gasteiger partial charge is 0.332 e. The van der Waals surface area contributed by atoms with Crippen molar-refractivity contribution in [2.24, 2.45) is 12.0 Å². The smallest absolute Gasteiger partial charge is 0.161 e. The van der Waals surface area contributed by atoms with E-state index in [4.69, 9.17) is 4.99 Å². The van der Waals surface area contributed by atoms with Gasteiger partial charge in [-0.1, -0.05) is 25.6 Å². The standard InChI is InChI=1S/C13H22N4S/c1-5-10-11(9-17(4)16-10)14-12-15-13(3,6-2)7-8-18-12/h9H,5-8H2,1-4H3,(H,14,15). The van der Waals surface area contributed by atoms with Crippen molar-refractivity contribution in [3.8, 4) is 0 Å². The van der Waals surface area contributed by atoms with Gasteiger partial charge in [0, 0.05) is 19.0 Å². The molecule has 5 heteroatoms. The van der Waals surface area contributed by atoms with Gasteiger partial charge < -0.3 is 5.32 Å². The lowest BCUT2D eigenvalue weighted by Gasteiger charge is -2.29. The normalized spacial score (nSPS) is 23.9. The topological polar surface area (TPSA) is 42.2 Å². The molecule has 0 spiro atoms. The number of anilines is 1. The van der Waals surface area contributed by atoms with Crippen LogP contribution in [0.2, 0.25) is 0 Å². The highest BCUT2D eigenvalue weighted by Gasteiger charge is 2.26. The van der Waals surface area contributed by atoms with Gasteiger partial charge in [0.15, 0.2) is 5.17 Å². The zero-order valence-electron chi connectivity index (χ0n) is 11.7. The maximum absolute atomic E-state index is 4.84. The highest BCUT2D eigenvalue weighted by molar-refractivity contribution is 8.14. The van der Waals surface area contributed by atoms with Crippen molar-refractivity contribution in [2.45, 2.75) is 45.6 Å². The van der Waals surface area contributed by atoms with E-state index in [0.717, 1.165) is 41.6 Å². The molecule has 0 fully saturated rings. The molecule has 1 N–H and O–H groups in total. The van der Waals surface area contributed by atoms with Crippen LogP contribution in [0, 0.1) is 0 Å². The molecule has 4 nitrogen and oxygen atoms in total. The Morgan fingerprint density at radius 2 is 2.28 bits per heavy atom. The molecule has 0 aliphatic carbocycles. The number of hydrogen-bond acceptors (Lipinski definition) is 4. The van der Waals surface area contributed by atoms with Crippen LogP contribution in [0.15, 0.2) is 11.2 Å². The second-order valence-corrected chi connectivity index (χ2v) is 6.09. The monoisotopic (exact) mass is 266 g/mol. The lowest BCUT2D eigenvalue weighted by atomic mass is 9.97. The van der Waals surface area contributed by atoms with E-state index in [0.29, 0.717) is 0 Å². The predicted octanol–water partition coefficient (Wildman–Crippen LogP) is 3.06. The number of aliphatic imine (C=N–C) groups is 1. The van der Waals surface area contributed by atoms with Gasteiger partial charge in [0.05, 0.1) is 16.9 Å². The lowest BCUT2D eigenvalue weighted by molar-refractivity contribution is 0.443. The van der Waals surface area contributed by atoms with Crippen LogP contribution in [0.1, 0.15) is 39.3 Å². The second-order valence-electron chi connectivity index (χ2n) is 5.01. The molecule has 1 unspecified atom stereocenters. The highest BCUT2D eigenvalue weighted by Crippen LogP contribution is 2.30. The summed E-state index contributed by atoms with van der Waals surface area (Å²) >= 11 is 1.81. The summed E-state index contributed by atoms with van der Waals surface area (Å²) in [4.78, 5) is 4.84. The van der Waals surface area contributed by atoms with Gasteiger partial charge in [-0.05, 0) is 26.2 Å². The summed E-state index contributed by atoms with van der Waals surface area (Å²) < 4.78 is 1.86. The number of aryl methyl sites for hydroxylation is 2. The first kappa shape index (κ1) is 13.5. The van der Waals surface area contributed by atoms with Crippen molar-refractivity contribution in [2.75, 3.05) is 11.1 Å². The number of nitrogens with one attached hydrogen (secondary N) is 1. The molecule has 0 amide bonds. The average Bonchev–Trinajstić information content (AvgIpc) is 2.69. The molecule has 0 bridgehead atoms. The number of hydrogen-bond donors (Lipinski definition) is 1. The summed E-state index contributed by atoms with van der Waals surface area (Å²) in [5.74, 6) is 1.14. The summed E-state index contributed by atoms with van der Waals surface area (Å²) in [6.07, 6.45) is 5.21. The maximum atomic E-state index is 4.84. The van der Waals surface area contributed by atoms with Gasteiger partial charge in [0.1, 0.15) is 0 Å². The molecule has 1 aromatic heterocycles. The zero-order valence-corrected chi connectivity index (χ0v) is 12.5. The molecule has 2 heterocycles. The van der Waals surface area contributed by atoms with E-state index in [-0.39, 0.29) is 5.54 Å². The molecule has 1 aromatic rings. The van der Waals surface area contributed by atoms with E-state index in [1.807, 2.05) is 17.9 Å². The van der Waals surface area contributed by atoms with E-state index in [2.05, 4.69) is 31.2 Å². The Morgan fingerprint density at radius 3 is 2.94 bits per heavy atom. The quantitative estimate of drug-likeness (QED) is 0.914. The third kappa shape index (κ3) is 2.88. The first-order valence-electron chi connectivity index (χ1n) is 6.58. The van der Waals surface area contributed by atoms with E-state index in [1.165, 1.54) is 0 Å². The molecule has 1 atom stereocenters. The van der Waals surface area contributed by atoms with E-state index < -0.39 is 0 Å². The van der Waals surface area contributed by atoms with E-state index in [1.54, 1.807) is 11.8 Å². The Labute approximate surface area is 113 Å². The number of aromatic nitrogens is 2. The fraction of sp³-hybridized carbons (Fsp3) is 0.692. The summed E-state index contributed by atoms with van der Waals surface area (Å²) in [5, 5.41) is 8.92. The van der Waals surface area contributed by atoms with Crippen molar-refractivity contribution in [1.82, 2.24) is 9.78 Å². The van der Waals surface area contributed by atoms with Gasteiger partial charge in [-0.2, -0.15) is 5.10 Å². The zero-order chi connectivity index (χ0) is 13.2. The molecule has 100 valence electrons. The van der Waals surface area contributed by atoms with Crippen LogP contribution in [0.25, 0.3) is 0 Å². The summed E-state index contributed by atoms with van der Waals surface area (Å²) in [6.45, 7) is 6.57. The number of amidine groups is 1. The number of rotatable bonds is 3. The number of thioether (sulfide) groups is 1. The minimum absolute atomic E-state index is 0.0994. The maximum Gasteiger partial charge on any atom is 0.161 e. The molecule has 2 rings (SSSR count). The van der Waals surface area contributed by atoms with Gasteiger partial charge in [-0.25, -0.2) is 0 Å². The molecule has 0 saturated carbocycles. The lowest BCUT2D eigenvalue weighted by Crippen LogP contribution is -2.29. The van der Waals surface area contributed by atoms with Crippen molar-refractivity contribution in [3.63, 3.8) is 0 Å². The van der Waals surface area contributed by atoms with Crippen molar-refractivity contribution < 1.29 is 0 Å². The molecule has 0 aromatic carbocycles. The minimum Gasteiger partial charge on any atom is -0.332 e. The fourth-order valence-corrected chi connectivity index (χ4v) is 3.24. The van der Waals surface area contributed by atoms with E-state index >= 15 is 0 Å². The van der Waals surface area contributed by atoms with Gasteiger partial charge >= 0.3 is 0 Å². The average molecular weight is 266 g/mol. The molecular formula is C13H22N4S. The van der Waals surface area contributed by atoms with Crippen molar-refractivity contribution in [1.29, 1.82) is 0 Å². The van der Waals surface area contributed by atoms with Gasteiger partial charge in [0.25, 0.3) is 0 Å². The summed E-state index contributed by atoms with van der Waals surface area (Å²) in [7, 11) is 1.95. The van der Waals surface area contributed by atoms with Crippen LogP contribution in [-0.4, -0.2) is 26.2 Å². The summed E-state index contributed by atoms with van der Waals surface area (Å²) in [6, 6.07) is 0. The second kappa shape index (κ2) is 5.34. The first-order chi connectivity index (χ1) is 8.56. The van der Waals surface area contributed by atoms with Crippen LogP contribution >= 0.6 is 11.8 Å². The third-order valence-electron chi connectivity index (χ3n) is 3.49. The number of nitrogens with zero attached hydrogens (tertiary/aromatic N) is 3. The Bertz CT molecular complexity index is 452. The van der Waals surface area contributed by atoms with Gasteiger partial charge in [-0.3, -0.25) is 9.67 Å². The van der Waals surface area contributed by atoms with Crippen LogP contribution in [0.4, 0.5) is 5.69 Å². The molecule has 0 radical (unpaired) electrons. The van der Waals surface area contributed by atoms with Crippen LogP contribution in [0.5, 0.6) is 0 Å². The van der Waals surface area contributed by atoms with Crippen LogP contribution in [0.3, 0.4) is 0 Å². The Morgan fingerprint density at radius 1 is 1.50 bits per heavy atom. The van der Waals surface area contributed by atoms with Crippen molar-refractivity contribution in [3.05, 3.63) is 11.9 Å². The molecular weight excluding hydrogens is 244 g/mol. The molecule has 18 heavy (non-hydrogen) atoms. The van der Waals surface area contributed by atoms with Gasteiger partial charge in [-0.15, -0.1) is 0 Å². The van der Waals surface area contributed by atoms with Crippen LogP contribution < -0.4 is 5.32 Å². The Balaban J connectivity index is 2.18. The minimum atomic E-state index is 0.0994. The molecule has 0 saturated heterocycles. The SMILES string of the molecule is CCc1nn(C)cc1NC1=NC(C)(CC)CCS1. The first-order valence-corrected chi connectivity index (χ1v) is 7.57. The summed E-state index contributed by atoms with van der Waals surface area (Å²) in [5.41, 5.74) is 2.29. The Hall–Kier alpha value is -0.970. The van der Waals surface area contributed by atoms with E-state index in [9.17, 15) is 0 Å². The molecule has 1 aliphatic heterocycles. The molecule has 1 aliphatic rings. The Kier molecular flexibility index (Phi) is 4.00. The van der Waals surface area contributed by atoms with Gasteiger partial charge in [0.2, 0.25) is 0 Å². The predicted molar refractivity (Wildman–Crippen MR) is 79.4 cm³/mol.